The van der Waals surface area contributed by atoms with E-state index in [1.165, 1.54) is 12.8 Å². The van der Waals surface area contributed by atoms with E-state index in [2.05, 4.69) is 25.4 Å². The van der Waals surface area contributed by atoms with Crippen molar-refractivity contribution in [2.75, 3.05) is 44.9 Å². The van der Waals surface area contributed by atoms with Crippen LogP contribution in [0, 0.1) is 5.92 Å². The standard InChI is InChI=1S/C13H23N5O2/c1-19-5-6-20-9-12-15-13(17-16-12)18-7-10-3-2-4-14-11(10)8-18/h10-11,14H,2-9H2,1H3,(H,15,16,17). The van der Waals surface area contributed by atoms with E-state index in [-0.39, 0.29) is 0 Å². The molecule has 2 aliphatic rings. The molecular formula is C13H23N5O2. The normalized spacial score (nSPS) is 25.9. The monoisotopic (exact) mass is 281 g/mol. The number of ether oxygens (including phenoxy) is 2. The maximum absolute atomic E-state index is 5.44. The predicted octanol–water partition coefficient (Wildman–Crippen LogP) is 0.156. The number of H-pyrrole nitrogens is 1. The Balaban J connectivity index is 1.52. The van der Waals surface area contributed by atoms with Gasteiger partial charge in [0.1, 0.15) is 6.61 Å². The van der Waals surface area contributed by atoms with E-state index < -0.39 is 0 Å². The number of aromatic amines is 1. The Bertz CT molecular complexity index is 411. The summed E-state index contributed by atoms with van der Waals surface area (Å²) in [7, 11) is 1.66. The number of anilines is 1. The summed E-state index contributed by atoms with van der Waals surface area (Å²) in [5.41, 5.74) is 0. The summed E-state index contributed by atoms with van der Waals surface area (Å²) in [5.74, 6) is 2.31. The van der Waals surface area contributed by atoms with E-state index in [1.54, 1.807) is 7.11 Å². The second-order valence-corrected chi connectivity index (χ2v) is 5.50. The van der Waals surface area contributed by atoms with Gasteiger partial charge in [-0.15, -0.1) is 5.10 Å². The molecule has 2 unspecified atom stereocenters. The van der Waals surface area contributed by atoms with Crippen LogP contribution in [-0.2, 0) is 16.1 Å². The highest BCUT2D eigenvalue weighted by molar-refractivity contribution is 5.32. The third-order valence-electron chi connectivity index (χ3n) is 4.07. The molecule has 2 fully saturated rings. The van der Waals surface area contributed by atoms with Crippen LogP contribution in [0.5, 0.6) is 0 Å². The van der Waals surface area contributed by atoms with Gasteiger partial charge in [0, 0.05) is 26.2 Å². The molecule has 0 aromatic carbocycles. The first-order valence-electron chi connectivity index (χ1n) is 7.33. The Morgan fingerprint density at radius 1 is 1.35 bits per heavy atom. The lowest BCUT2D eigenvalue weighted by Crippen LogP contribution is -2.40. The second-order valence-electron chi connectivity index (χ2n) is 5.50. The lowest BCUT2D eigenvalue weighted by atomic mass is 9.94. The van der Waals surface area contributed by atoms with E-state index in [9.17, 15) is 0 Å². The molecule has 0 aliphatic carbocycles. The molecule has 20 heavy (non-hydrogen) atoms. The molecule has 2 saturated heterocycles. The molecule has 3 heterocycles. The predicted molar refractivity (Wildman–Crippen MR) is 74.6 cm³/mol. The fourth-order valence-electron chi connectivity index (χ4n) is 3.01. The van der Waals surface area contributed by atoms with Gasteiger partial charge in [-0.25, -0.2) is 0 Å². The van der Waals surface area contributed by atoms with E-state index in [0.29, 0.717) is 25.9 Å². The number of aromatic nitrogens is 3. The highest BCUT2D eigenvalue weighted by Crippen LogP contribution is 2.27. The highest BCUT2D eigenvalue weighted by atomic mass is 16.5. The molecule has 0 bridgehead atoms. The van der Waals surface area contributed by atoms with Gasteiger partial charge in [0.2, 0.25) is 5.95 Å². The van der Waals surface area contributed by atoms with Gasteiger partial charge in [-0.3, -0.25) is 5.10 Å². The summed E-state index contributed by atoms with van der Waals surface area (Å²) in [6.45, 7) is 4.83. The molecule has 112 valence electrons. The summed E-state index contributed by atoms with van der Waals surface area (Å²) >= 11 is 0. The van der Waals surface area contributed by atoms with Crippen LogP contribution < -0.4 is 10.2 Å². The molecule has 7 nitrogen and oxygen atoms in total. The number of hydrogen-bond acceptors (Lipinski definition) is 6. The molecule has 0 saturated carbocycles. The van der Waals surface area contributed by atoms with Gasteiger partial charge in [0.25, 0.3) is 0 Å². The van der Waals surface area contributed by atoms with E-state index in [4.69, 9.17) is 9.47 Å². The molecule has 0 spiro atoms. The van der Waals surface area contributed by atoms with Gasteiger partial charge < -0.3 is 19.7 Å². The maximum Gasteiger partial charge on any atom is 0.244 e. The zero-order valence-corrected chi connectivity index (χ0v) is 12.0. The van der Waals surface area contributed by atoms with Crippen molar-refractivity contribution in [2.24, 2.45) is 5.92 Å². The Morgan fingerprint density at radius 3 is 3.15 bits per heavy atom. The highest BCUT2D eigenvalue weighted by Gasteiger charge is 2.35. The number of piperidine rings is 1. The number of hydrogen-bond donors (Lipinski definition) is 2. The van der Waals surface area contributed by atoms with Crippen LogP contribution >= 0.6 is 0 Å². The van der Waals surface area contributed by atoms with Crippen molar-refractivity contribution >= 4 is 5.95 Å². The molecule has 2 aliphatic heterocycles. The quantitative estimate of drug-likeness (QED) is 0.723. The summed E-state index contributed by atoms with van der Waals surface area (Å²) in [5, 5.41) is 10.8. The van der Waals surface area contributed by atoms with Crippen molar-refractivity contribution in [2.45, 2.75) is 25.5 Å². The average molecular weight is 281 g/mol. The van der Waals surface area contributed by atoms with Crippen molar-refractivity contribution in [3.63, 3.8) is 0 Å². The molecule has 3 rings (SSSR count). The molecule has 0 radical (unpaired) electrons. The lowest BCUT2D eigenvalue weighted by molar-refractivity contribution is 0.0587. The SMILES string of the molecule is COCCOCc1nc(N2CC3CCCNC3C2)n[nH]1. The van der Waals surface area contributed by atoms with Crippen LogP contribution in [0.3, 0.4) is 0 Å². The average Bonchev–Trinajstić information content (AvgIpc) is 3.09. The van der Waals surface area contributed by atoms with Gasteiger partial charge in [-0.05, 0) is 25.3 Å². The fraction of sp³-hybridized carbons (Fsp3) is 0.846. The van der Waals surface area contributed by atoms with Gasteiger partial charge in [-0.2, -0.15) is 4.98 Å². The number of methoxy groups -OCH3 is 1. The van der Waals surface area contributed by atoms with Crippen LogP contribution in [-0.4, -0.2) is 61.2 Å². The largest absolute Gasteiger partial charge is 0.382 e. The van der Waals surface area contributed by atoms with E-state index >= 15 is 0 Å². The number of nitrogens with one attached hydrogen (secondary N) is 2. The van der Waals surface area contributed by atoms with E-state index in [1.807, 2.05) is 0 Å². The van der Waals surface area contributed by atoms with Crippen LogP contribution in [0.4, 0.5) is 5.95 Å². The molecule has 7 heteroatoms. The minimum atomic E-state index is 0.454. The van der Waals surface area contributed by atoms with Gasteiger partial charge in [0.15, 0.2) is 5.82 Å². The summed E-state index contributed by atoms with van der Waals surface area (Å²) in [4.78, 5) is 6.78. The first-order chi connectivity index (χ1) is 9.86. The molecule has 2 N–H and O–H groups in total. The topological polar surface area (TPSA) is 75.3 Å². The number of rotatable bonds is 6. The number of fused-ring (bicyclic) bond motifs is 1. The van der Waals surface area contributed by atoms with Crippen molar-refractivity contribution in [1.82, 2.24) is 20.5 Å². The van der Waals surface area contributed by atoms with Crippen LogP contribution in [0.2, 0.25) is 0 Å². The summed E-state index contributed by atoms with van der Waals surface area (Å²) < 4.78 is 10.4. The third kappa shape index (κ3) is 3.11. The van der Waals surface area contributed by atoms with Crippen LogP contribution in [0.25, 0.3) is 0 Å². The Hall–Kier alpha value is -1.18. The maximum atomic E-state index is 5.44. The summed E-state index contributed by atoms with van der Waals surface area (Å²) in [6, 6.07) is 0.601. The van der Waals surface area contributed by atoms with Crippen LogP contribution in [0.15, 0.2) is 0 Å². The fourth-order valence-corrected chi connectivity index (χ4v) is 3.01. The molecule has 1 aromatic heterocycles. The Kier molecular flexibility index (Phi) is 4.49. The first kappa shape index (κ1) is 13.8. The van der Waals surface area contributed by atoms with Crippen molar-refractivity contribution in [3.8, 4) is 0 Å². The Morgan fingerprint density at radius 2 is 2.30 bits per heavy atom. The zero-order valence-electron chi connectivity index (χ0n) is 12.0. The van der Waals surface area contributed by atoms with Crippen molar-refractivity contribution < 1.29 is 9.47 Å². The van der Waals surface area contributed by atoms with Gasteiger partial charge in [-0.1, -0.05) is 0 Å². The van der Waals surface area contributed by atoms with Crippen LogP contribution in [0.1, 0.15) is 18.7 Å². The minimum Gasteiger partial charge on any atom is -0.382 e. The smallest absolute Gasteiger partial charge is 0.244 e. The van der Waals surface area contributed by atoms with Crippen molar-refractivity contribution in [3.05, 3.63) is 5.82 Å². The molecule has 1 aromatic rings. The second kappa shape index (κ2) is 6.51. The van der Waals surface area contributed by atoms with Gasteiger partial charge >= 0.3 is 0 Å². The summed E-state index contributed by atoms with van der Waals surface area (Å²) in [6.07, 6.45) is 2.59. The van der Waals surface area contributed by atoms with E-state index in [0.717, 1.165) is 37.3 Å². The third-order valence-corrected chi connectivity index (χ3v) is 4.07. The number of nitrogens with zero attached hydrogens (tertiary/aromatic N) is 3. The Labute approximate surface area is 119 Å². The molecule has 2 atom stereocenters. The molecule has 0 amide bonds. The molecular weight excluding hydrogens is 258 g/mol. The lowest BCUT2D eigenvalue weighted by Gasteiger charge is -2.24. The minimum absolute atomic E-state index is 0.454. The van der Waals surface area contributed by atoms with Crippen molar-refractivity contribution in [1.29, 1.82) is 0 Å². The zero-order chi connectivity index (χ0) is 13.8. The first-order valence-corrected chi connectivity index (χ1v) is 7.33. The van der Waals surface area contributed by atoms with Gasteiger partial charge in [0.05, 0.1) is 13.2 Å².